The van der Waals surface area contributed by atoms with Gasteiger partial charge >= 0.3 is 5.97 Å². The number of hydrogen-bond acceptors (Lipinski definition) is 4. The molecule has 0 spiro atoms. The standard InChI is InChI=1S/C25H30O4S/c1-2-3-4-8-21(26)17-9-11-19(12-10-17)24-18(13-15-22(24)27)6-5-7-20-14-16-23(30-20)25(28)29/h9-12,14,16,21,26H,2-8,13,15H2,1H3,(H,28,29). The van der Waals surface area contributed by atoms with E-state index in [-0.39, 0.29) is 5.78 Å². The Balaban J connectivity index is 1.63. The molecule has 1 unspecified atom stereocenters. The molecule has 1 aromatic heterocycles. The summed E-state index contributed by atoms with van der Waals surface area (Å²) in [5.41, 5.74) is 3.90. The average molecular weight is 427 g/mol. The number of thiophene rings is 1. The number of aryl methyl sites for hydroxylation is 1. The molecule has 0 radical (unpaired) electrons. The summed E-state index contributed by atoms with van der Waals surface area (Å²) in [5.74, 6) is -0.679. The van der Waals surface area contributed by atoms with Crippen molar-refractivity contribution in [1.29, 1.82) is 0 Å². The van der Waals surface area contributed by atoms with E-state index in [2.05, 4.69) is 6.92 Å². The van der Waals surface area contributed by atoms with Gasteiger partial charge in [-0.2, -0.15) is 0 Å². The number of aromatic carboxylic acids is 1. The molecule has 160 valence electrons. The van der Waals surface area contributed by atoms with Crippen molar-refractivity contribution in [2.45, 2.75) is 70.8 Å². The summed E-state index contributed by atoms with van der Waals surface area (Å²) in [6.45, 7) is 2.15. The fraction of sp³-hybridized carbons (Fsp3) is 0.440. The molecule has 3 rings (SSSR count). The molecule has 1 aromatic carbocycles. The number of aliphatic hydroxyl groups excluding tert-OH is 1. The molecular weight excluding hydrogens is 396 g/mol. The van der Waals surface area contributed by atoms with Crippen LogP contribution in [0.15, 0.2) is 42.0 Å². The van der Waals surface area contributed by atoms with Crippen LogP contribution in [0.25, 0.3) is 5.57 Å². The van der Waals surface area contributed by atoms with Gasteiger partial charge in [0, 0.05) is 16.9 Å². The number of ketones is 1. The van der Waals surface area contributed by atoms with Crippen LogP contribution in [-0.2, 0) is 11.2 Å². The van der Waals surface area contributed by atoms with Gasteiger partial charge in [0.25, 0.3) is 0 Å². The van der Waals surface area contributed by atoms with Gasteiger partial charge in [0.2, 0.25) is 0 Å². The number of carboxylic acid groups (broad SMARTS) is 1. The van der Waals surface area contributed by atoms with E-state index in [0.29, 0.717) is 11.3 Å². The van der Waals surface area contributed by atoms with Crippen LogP contribution in [0.2, 0.25) is 0 Å². The molecule has 1 heterocycles. The van der Waals surface area contributed by atoms with Gasteiger partial charge in [-0.15, -0.1) is 11.3 Å². The third-order valence-corrected chi connectivity index (χ3v) is 6.86. The Kier molecular flexibility index (Phi) is 8.00. The van der Waals surface area contributed by atoms with Gasteiger partial charge in [0.15, 0.2) is 5.78 Å². The summed E-state index contributed by atoms with van der Waals surface area (Å²) in [4.78, 5) is 25.0. The first-order valence-electron chi connectivity index (χ1n) is 10.8. The van der Waals surface area contributed by atoms with Crippen LogP contribution in [0.5, 0.6) is 0 Å². The van der Waals surface area contributed by atoms with E-state index in [1.807, 2.05) is 30.3 Å². The summed E-state index contributed by atoms with van der Waals surface area (Å²) < 4.78 is 0. The third-order valence-electron chi connectivity index (χ3n) is 5.73. The van der Waals surface area contributed by atoms with E-state index in [1.165, 1.54) is 16.9 Å². The van der Waals surface area contributed by atoms with Crippen LogP contribution in [0, 0.1) is 0 Å². The van der Waals surface area contributed by atoms with E-state index in [1.54, 1.807) is 6.07 Å². The molecule has 30 heavy (non-hydrogen) atoms. The summed E-state index contributed by atoms with van der Waals surface area (Å²) >= 11 is 1.33. The fourth-order valence-electron chi connectivity index (χ4n) is 4.06. The second kappa shape index (κ2) is 10.7. The topological polar surface area (TPSA) is 74.6 Å². The van der Waals surface area contributed by atoms with E-state index in [4.69, 9.17) is 5.11 Å². The minimum atomic E-state index is -0.878. The fourth-order valence-corrected chi connectivity index (χ4v) is 4.94. The molecule has 0 aliphatic heterocycles. The van der Waals surface area contributed by atoms with Crippen LogP contribution in [0.3, 0.4) is 0 Å². The highest BCUT2D eigenvalue weighted by atomic mass is 32.1. The van der Waals surface area contributed by atoms with Crippen LogP contribution in [0.4, 0.5) is 0 Å². The van der Waals surface area contributed by atoms with Gasteiger partial charge in [0.05, 0.1) is 6.10 Å². The summed E-state index contributed by atoms with van der Waals surface area (Å²) in [6, 6.07) is 11.4. The highest BCUT2D eigenvalue weighted by Gasteiger charge is 2.24. The second-order valence-corrected chi connectivity index (χ2v) is 9.13. The lowest BCUT2D eigenvalue weighted by molar-refractivity contribution is -0.113. The van der Waals surface area contributed by atoms with Crippen molar-refractivity contribution in [1.82, 2.24) is 0 Å². The van der Waals surface area contributed by atoms with E-state index in [0.717, 1.165) is 72.9 Å². The smallest absolute Gasteiger partial charge is 0.345 e. The van der Waals surface area contributed by atoms with Crippen LogP contribution in [-0.4, -0.2) is 22.0 Å². The largest absolute Gasteiger partial charge is 0.477 e. The van der Waals surface area contributed by atoms with Crippen LogP contribution in [0.1, 0.15) is 90.1 Å². The maximum Gasteiger partial charge on any atom is 0.345 e. The van der Waals surface area contributed by atoms with Crippen molar-refractivity contribution in [2.24, 2.45) is 0 Å². The number of unbranched alkanes of at least 4 members (excludes halogenated alkanes) is 2. The van der Waals surface area contributed by atoms with Gasteiger partial charge in [-0.25, -0.2) is 4.79 Å². The lowest BCUT2D eigenvalue weighted by atomic mass is 9.95. The molecular formula is C25H30O4S. The van der Waals surface area contributed by atoms with Crippen molar-refractivity contribution >= 4 is 28.7 Å². The van der Waals surface area contributed by atoms with Gasteiger partial charge in [-0.3, -0.25) is 4.79 Å². The van der Waals surface area contributed by atoms with Gasteiger partial charge in [-0.1, -0.05) is 56.0 Å². The first-order chi connectivity index (χ1) is 14.5. The molecule has 0 fully saturated rings. The van der Waals surface area contributed by atoms with E-state index < -0.39 is 12.1 Å². The van der Waals surface area contributed by atoms with Gasteiger partial charge < -0.3 is 10.2 Å². The molecule has 1 aliphatic rings. The first kappa shape index (κ1) is 22.4. The summed E-state index contributed by atoms with van der Waals surface area (Å²) in [5, 5.41) is 19.4. The molecule has 4 nitrogen and oxygen atoms in total. The number of Topliss-reactive ketones (excluding diaryl/α,β-unsaturated/α-hetero) is 1. The minimum Gasteiger partial charge on any atom is -0.477 e. The zero-order valence-corrected chi connectivity index (χ0v) is 18.3. The van der Waals surface area contributed by atoms with Crippen LogP contribution < -0.4 is 0 Å². The Bertz CT molecular complexity index is 907. The number of carboxylic acids is 1. The number of rotatable bonds is 11. The molecule has 2 N–H and O–H groups in total. The molecule has 5 heteroatoms. The number of allylic oxidation sites excluding steroid dienone is 2. The highest BCUT2D eigenvalue weighted by molar-refractivity contribution is 7.13. The first-order valence-corrected chi connectivity index (χ1v) is 11.7. The number of benzene rings is 1. The zero-order chi connectivity index (χ0) is 21.5. The van der Waals surface area contributed by atoms with Crippen molar-refractivity contribution < 1.29 is 19.8 Å². The quantitative estimate of drug-likeness (QED) is 0.420. The monoisotopic (exact) mass is 426 g/mol. The molecule has 1 aliphatic carbocycles. The van der Waals surface area contributed by atoms with Crippen molar-refractivity contribution in [2.75, 3.05) is 0 Å². The van der Waals surface area contributed by atoms with Crippen LogP contribution >= 0.6 is 11.3 Å². The Morgan fingerprint density at radius 2 is 1.80 bits per heavy atom. The Morgan fingerprint density at radius 1 is 1.03 bits per heavy atom. The highest BCUT2D eigenvalue weighted by Crippen LogP contribution is 2.35. The molecule has 2 aromatic rings. The Labute approximate surface area is 182 Å². The lowest BCUT2D eigenvalue weighted by Crippen LogP contribution is -2.00. The molecule has 0 saturated heterocycles. The van der Waals surface area contributed by atoms with Crippen molar-refractivity contribution in [3.8, 4) is 0 Å². The third kappa shape index (κ3) is 5.67. The maximum absolute atomic E-state index is 12.5. The summed E-state index contributed by atoms with van der Waals surface area (Å²) in [6.07, 6.45) is 7.56. The van der Waals surface area contributed by atoms with Gasteiger partial charge in [-0.05, 0) is 55.4 Å². The Hall–Kier alpha value is -2.24. The van der Waals surface area contributed by atoms with Crippen molar-refractivity contribution in [3.05, 3.63) is 62.9 Å². The molecule has 1 atom stereocenters. The van der Waals surface area contributed by atoms with Gasteiger partial charge in [0.1, 0.15) is 4.88 Å². The summed E-state index contributed by atoms with van der Waals surface area (Å²) in [7, 11) is 0. The second-order valence-electron chi connectivity index (χ2n) is 7.96. The average Bonchev–Trinajstić information content (AvgIpc) is 3.35. The maximum atomic E-state index is 12.5. The molecule has 0 bridgehead atoms. The number of carbonyl (C=O) groups is 2. The number of carbonyl (C=O) groups excluding carboxylic acids is 1. The lowest BCUT2D eigenvalue weighted by Gasteiger charge is -2.12. The zero-order valence-electron chi connectivity index (χ0n) is 17.5. The molecule has 0 amide bonds. The Morgan fingerprint density at radius 3 is 2.47 bits per heavy atom. The van der Waals surface area contributed by atoms with Crippen molar-refractivity contribution in [3.63, 3.8) is 0 Å². The molecule has 0 saturated carbocycles. The number of hydrogen-bond donors (Lipinski definition) is 2. The van der Waals surface area contributed by atoms with E-state index in [9.17, 15) is 14.7 Å². The predicted octanol–water partition coefficient (Wildman–Crippen LogP) is 6.20. The number of aliphatic hydroxyl groups is 1. The minimum absolute atomic E-state index is 0.200. The predicted molar refractivity (Wildman–Crippen MR) is 121 cm³/mol. The SMILES string of the molecule is CCCCCC(O)c1ccc(C2=C(CCCc3ccc(C(=O)O)s3)CCC2=O)cc1. The van der Waals surface area contributed by atoms with E-state index >= 15 is 0 Å². The normalized spacial score (nSPS) is 15.1.